The van der Waals surface area contributed by atoms with Crippen molar-refractivity contribution >= 4 is 65.9 Å². The number of fused-ring (bicyclic) bond motifs is 3. The van der Waals surface area contributed by atoms with Crippen LogP contribution in [0.3, 0.4) is 0 Å². The number of carbonyl (C=O) groups is 1. The molecule has 9 heteroatoms. The lowest BCUT2D eigenvalue weighted by molar-refractivity contribution is 0.101. The standard InChI is InChI=1S/C19H12N4O2S3/c1-26-19-21-12-8-7-11-15(16(12)28-19)27-18(20-11)22-17(24)13-9-14(25-23-13)10-5-3-2-4-6-10/h2-9H,1H3,(H,20,22,24). The van der Waals surface area contributed by atoms with Crippen molar-refractivity contribution in [1.82, 2.24) is 15.1 Å². The van der Waals surface area contributed by atoms with Gasteiger partial charge in [0.05, 0.1) is 20.4 Å². The van der Waals surface area contributed by atoms with Gasteiger partial charge in [0.2, 0.25) is 0 Å². The van der Waals surface area contributed by atoms with Crippen LogP contribution in [0.5, 0.6) is 0 Å². The molecule has 3 heterocycles. The number of carbonyl (C=O) groups excluding carboxylic acids is 1. The molecule has 0 bridgehead atoms. The number of aromatic nitrogens is 3. The van der Waals surface area contributed by atoms with Gasteiger partial charge in [-0.25, -0.2) is 9.97 Å². The SMILES string of the molecule is CSc1nc2ccc3nc(NC(=O)c4cc(-c5ccccc5)on4)sc3c2s1. The van der Waals surface area contributed by atoms with Gasteiger partial charge in [-0.15, -0.1) is 11.3 Å². The average Bonchev–Trinajstić information content (AvgIpc) is 3.45. The highest BCUT2D eigenvalue weighted by Gasteiger charge is 2.17. The predicted molar refractivity (Wildman–Crippen MR) is 114 cm³/mol. The van der Waals surface area contributed by atoms with E-state index in [1.165, 1.54) is 11.3 Å². The van der Waals surface area contributed by atoms with E-state index in [0.717, 1.165) is 30.3 Å². The molecule has 6 nitrogen and oxygen atoms in total. The van der Waals surface area contributed by atoms with Gasteiger partial charge in [-0.1, -0.05) is 58.6 Å². The van der Waals surface area contributed by atoms with Crippen LogP contribution >= 0.6 is 34.4 Å². The minimum atomic E-state index is -0.352. The van der Waals surface area contributed by atoms with E-state index >= 15 is 0 Å². The first-order valence-corrected chi connectivity index (χ1v) is 11.1. The molecule has 3 aromatic heterocycles. The van der Waals surface area contributed by atoms with Crippen molar-refractivity contribution < 1.29 is 9.32 Å². The van der Waals surface area contributed by atoms with Crippen molar-refractivity contribution in [1.29, 1.82) is 0 Å². The minimum Gasteiger partial charge on any atom is -0.355 e. The quantitative estimate of drug-likeness (QED) is 0.382. The molecule has 2 aromatic carbocycles. The number of nitrogens with one attached hydrogen (secondary N) is 1. The van der Waals surface area contributed by atoms with Crippen molar-refractivity contribution in [3.8, 4) is 11.3 Å². The van der Waals surface area contributed by atoms with E-state index < -0.39 is 0 Å². The zero-order valence-electron chi connectivity index (χ0n) is 14.5. The van der Waals surface area contributed by atoms with Gasteiger partial charge in [0.15, 0.2) is 20.9 Å². The summed E-state index contributed by atoms with van der Waals surface area (Å²) in [4.78, 5) is 21.7. The molecule has 0 fully saturated rings. The zero-order chi connectivity index (χ0) is 19.1. The van der Waals surface area contributed by atoms with E-state index in [1.54, 1.807) is 29.2 Å². The third-order valence-electron chi connectivity index (χ3n) is 4.09. The Kier molecular flexibility index (Phi) is 4.34. The molecule has 5 rings (SSSR count). The Morgan fingerprint density at radius 3 is 2.57 bits per heavy atom. The molecule has 0 atom stereocenters. The molecule has 0 aliphatic heterocycles. The number of thiazole rings is 2. The molecule has 0 aliphatic carbocycles. The number of amides is 1. The largest absolute Gasteiger partial charge is 0.355 e. The summed E-state index contributed by atoms with van der Waals surface area (Å²) in [6.07, 6.45) is 2.01. The number of hydrogen-bond acceptors (Lipinski definition) is 8. The Balaban J connectivity index is 1.43. The van der Waals surface area contributed by atoms with E-state index in [-0.39, 0.29) is 11.6 Å². The first-order chi connectivity index (χ1) is 13.7. The van der Waals surface area contributed by atoms with Gasteiger partial charge in [-0.2, -0.15) is 0 Å². The second kappa shape index (κ2) is 7.01. The van der Waals surface area contributed by atoms with Crippen LogP contribution in [-0.4, -0.2) is 27.3 Å². The van der Waals surface area contributed by atoms with E-state index in [1.807, 2.05) is 48.7 Å². The molecular weight excluding hydrogens is 412 g/mol. The van der Waals surface area contributed by atoms with Gasteiger partial charge in [0.1, 0.15) is 0 Å². The molecule has 0 saturated carbocycles. The third-order valence-corrected chi connectivity index (χ3v) is 7.30. The molecule has 1 N–H and O–H groups in total. The third kappa shape index (κ3) is 3.07. The Morgan fingerprint density at radius 2 is 1.79 bits per heavy atom. The summed E-state index contributed by atoms with van der Waals surface area (Å²) < 4.78 is 8.43. The molecule has 5 aromatic rings. The Labute approximate surface area is 171 Å². The molecule has 0 unspecified atom stereocenters. The number of rotatable bonds is 4. The fourth-order valence-electron chi connectivity index (χ4n) is 2.78. The second-order valence-electron chi connectivity index (χ2n) is 5.86. The summed E-state index contributed by atoms with van der Waals surface area (Å²) in [5.41, 5.74) is 2.87. The van der Waals surface area contributed by atoms with Crippen molar-refractivity contribution in [2.75, 3.05) is 11.6 Å². The van der Waals surface area contributed by atoms with Crippen LogP contribution in [0.15, 0.2) is 57.4 Å². The minimum absolute atomic E-state index is 0.214. The predicted octanol–water partition coefficient (Wildman–Crippen LogP) is 5.54. The van der Waals surface area contributed by atoms with E-state index in [9.17, 15) is 4.79 Å². The number of hydrogen-bond donors (Lipinski definition) is 1. The summed E-state index contributed by atoms with van der Waals surface area (Å²) >= 11 is 4.70. The normalized spacial score (nSPS) is 11.3. The molecule has 0 spiro atoms. The van der Waals surface area contributed by atoms with Crippen LogP contribution in [0.4, 0.5) is 5.13 Å². The summed E-state index contributed by atoms with van der Waals surface area (Å²) in [6.45, 7) is 0. The fourth-order valence-corrected chi connectivity index (χ4v) is 5.43. The van der Waals surface area contributed by atoms with Crippen molar-refractivity contribution in [3.05, 3.63) is 54.2 Å². The molecular formula is C19H12N4O2S3. The van der Waals surface area contributed by atoms with Crippen molar-refractivity contribution in [2.45, 2.75) is 4.34 Å². The Hall–Kier alpha value is -2.75. The van der Waals surface area contributed by atoms with E-state index in [2.05, 4.69) is 20.4 Å². The van der Waals surface area contributed by atoms with Gasteiger partial charge < -0.3 is 4.52 Å². The van der Waals surface area contributed by atoms with Crippen LogP contribution in [0.1, 0.15) is 10.5 Å². The Bertz CT molecular complexity index is 1310. The van der Waals surface area contributed by atoms with Gasteiger partial charge in [0, 0.05) is 11.6 Å². The van der Waals surface area contributed by atoms with Crippen molar-refractivity contribution in [3.63, 3.8) is 0 Å². The molecule has 0 saturated heterocycles. The zero-order valence-corrected chi connectivity index (χ0v) is 17.0. The van der Waals surface area contributed by atoms with Crippen LogP contribution in [-0.2, 0) is 0 Å². The summed E-state index contributed by atoms with van der Waals surface area (Å²) in [7, 11) is 0. The maximum Gasteiger partial charge on any atom is 0.279 e. The molecule has 0 radical (unpaired) electrons. The van der Waals surface area contributed by atoms with E-state index in [0.29, 0.717) is 10.9 Å². The first-order valence-electron chi connectivity index (χ1n) is 8.29. The molecule has 138 valence electrons. The summed E-state index contributed by atoms with van der Waals surface area (Å²) in [5.74, 6) is 0.196. The monoisotopic (exact) mass is 424 g/mol. The number of anilines is 1. The number of thioether (sulfide) groups is 1. The van der Waals surface area contributed by atoms with Crippen LogP contribution in [0.2, 0.25) is 0 Å². The van der Waals surface area contributed by atoms with E-state index in [4.69, 9.17) is 4.52 Å². The smallest absolute Gasteiger partial charge is 0.279 e. The number of nitrogens with zero attached hydrogens (tertiary/aromatic N) is 3. The molecule has 0 aliphatic rings. The first kappa shape index (κ1) is 17.4. The van der Waals surface area contributed by atoms with Crippen molar-refractivity contribution in [2.24, 2.45) is 0 Å². The van der Waals surface area contributed by atoms with Crippen LogP contribution < -0.4 is 5.32 Å². The summed E-state index contributed by atoms with van der Waals surface area (Å²) in [6, 6.07) is 15.0. The highest BCUT2D eigenvalue weighted by Crippen LogP contribution is 2.38. The van der Waals surface area contributed by atoms with Crippen LogP contribution in [0, 0.1) is 0 Å². The highest BCUT2D eigenvalue weighted by atomic mass is 32.2. The van der Waals surface area contributed by atoms with Gasteiger partial charge in [-0.05, 0) is 18.4 Å². The lowest BCUT2D eigenvalue weighted by Crippen LogP contribution is -2.11. The number of benzene rings is 2. The van der Waals surface area contributed by atoms with Gasteiger partial charge >= 0.3 is 0 Å². The van der Waals surface area contributed by atoms with Crippen LogP contribution in [0.25, 0.3) is 31.8 Å². The average molecular weight is 425 g/mol. The maximum absolute atomic E-state index is 12.6. The summed E-state index contributed by atoms with van der Waals surface area (Å²) in [5, 5.41) is 7.23. The van der Waals surface area contributed by atoms with Gasteiger partial charge in [0.25, 0.3) is 5.91 Å². The Morgan fingerprint density at radius 1 is 1.04 bits per heavy atom. The molecule has 1 amide bonds. The topological polar surface area (TPSA) is 80.9 Å². The maximum atomic E-state index is 12.6. The molecule has 28 heavy (non-hydrogen) atoms. The second-order valence-corrected chi connectivity index (χ2v) is 8.91. The lowest BCUT2D eigenvalue weighted by Gasteiger charge is -1.95. The fraction of sp³-hybridized carbons (Fsp3) is 0.0526. The lowest BCUT2D eigenvalue weighted by atomic mass is 10.1. The van der Waals surface area contributed by atoms with Gasteiger partial charge in [-0.3, -0.25) is 10.1 Å². The highest BCUT2D eigenvalue weighted by molar-refractivity contribution is 8.00.